The third-order valence-electron chi connectivity index (χ3n) is 6.95. The van der Waals surface area contributed by atoms with E-state index in [2.05, 4.69) is 6.92 Å². The molecule has 38 heavy (non-hydrogen) atoms. The summed E-state index contributed by atoms with van der Waals surface area (Å²) in [5, 5.41) is 0. The number of aromatic nitrogens is 1. The molecule has 0 bridgehead atoms. The highest BCUT2D eigenvalue weighted by Gasteiger charge is 2.30. The predicted octanol–water partition coefficient (Wildman–Crippen LogP) is 9.00. The topological polar surface area (TPSA) is 25.2 Å². The summed E-state index contributed by atoms with van der Waals surface area (Å²) in [7, 11) is 0. The molecule has 0 unspecified atom stereocenters. The van der Waals surface area contributed by atoms with Crippen molar-refractivity contribution >= 4 is 5.91 Å². The van der Waals surface area contributed by atoms with Gasteiger partial charge in [0.05, 0.1) is 12.1 Å². The Hall–Kier alpha value is -3.02. The van der Waals surface area contributed by atoms with Gasteiger partial charge in [-0.25, -0.2) is 0 Å². The van der Waals surface area contributed by atoms with Crippen LogP contribution >= 0.6 is 0 Å². The molecule has 0 fully saturated rings. The molecule has 0 N–H and O–H groups in total. The van der Waals surface area contributed by atoms with Crippen LogP contribution in [0.5, 0.6) is 0 Å². The minimum atomic E-state index is -4.37. The third kappa shape index (κ3) is 10.0. The lowest BCUT2D eigenvalue weighted by atomic mass is 10.1. The van der Waals surface area contributed by atoms with E-state index < -0.39 is 11.7 Å². The Morgan fingerprint density at radius 2 is 1.42 bits per heavy atom. The van der Waals surface area contributed by atoms with Crippen LogP contribution in [0.15, 0.2) is 72.9 Å². The highest BCUT2D eigenvalue weighted by Crippen LogP contribution is 2.30. The zero-order chi connectivity index (χ0) is 27.2. The van der Waals surface area contributed by atoms with Gasteiger partial charge in [0, 0.05) is 31.4 Å². The number of alkyl halides is 3. The zero-order valence-corrected chi connectivity index (χ0v) is 22.6. The molecule has 0 atom stereocenters. The van der Waals surface area contributed by atoms with Crippen molar-refractivity contribution in [2.75, 3.05) is 0 Å². The van der Waals surface area contributed by atoms with E-state index >= 15 is 0 Å². The Balaban J connectivity index is 1.60. The highest BCUT2D eigenvalue weighted by molar-refractivity contribution is 5.76. The van der Waals surface area contributed by atoms with Gasteiger partial charge in [0.2, 0.25) is 5.91 Å². The summed E-state index contributed by atoms with van der Waals surface area (Å²) >= 11 is 0. The molecule has 2 aromatic carbocycles. The van der Waals surface area contributed by atoms with Gasteiger partial charge >= 0.3 is 6.18 Å². The fourth-order valence-electron chi connectivity index (χ4n) is 4.77. The molecular weight excluding hydrogens is 485 g/mol. The van der Waals surface area contributed by atoms with Crippen LogP contribution in [0.4, 0.5) is 13.2 Å². The summed E-state index contributed by atoms with van der Waals surface area (Å²) in [6, 6.07) is 19.2. The monoisotopic (exact) mass is 526 g/mol. The van der Waals surface area contributed by atoms with Crippen molar-refractivity contribution in [3.05, 3.63) is 95.3 Å². The lowest BCUT2D eigenvalue weighted by Gasteiger charge is -2.24. The second-order valence-electron chi connectivity index (χ2n) is 10.1. The van der Waals surface area contributed by atoms with Crippen molar-refractivity contribution in [3.8, 4) is 0 Å². The molecular formula is C32H41F3N2O. The van der Waals surface area contributed by atoms with E-state index in [-0.39, 0.29) is 5.91 Å². The van der Waals surface area contributed by atoms with E-state index in [0.717, 1.165) is 36.6 Å². The van der Waals surface area contributed by atoms with Crippen LogP contribution in [0.2, 0.25) is 0 Å². The standard InChI is InChI=1S/C32H41F3N2O/c1-2-3-4-5-6-7-8-9-13-21-31(38)37(24-27-16-11-10-12-17-27)26-30-20-15-22-36(30)25-28-18-14-19-29(23-28)32(33,34)35/h10-12,14-20,22-23H,2-9,13,21,24-26H2,1H3. The first-order valence-corrected chi connectivity index (χ1v) is 14.0. The first-order chi connectivity index (χ1) is 18.4. The SMILES string of the molecule is CCCCCCCCCCCC(=O)N(Cc1ccccc1)Cc1cccn1Cc1cccc(C(F)(F)F)c1. The molecule has 1 amide bonds. The zero-order valence-electron chi connectivity index (χ0n) is 22.6. The summed E-state index contributed by atoms with van der Waals surface area (Å²) in [4.78, 5) is 15.2. The van der Waals surface area contributed by atoms with Crippen molar-refractivity contribution in [1.29, 1.82) is 0 Å². The van der Waals surface area contributed by atoms with Crippen LogP contribution in [-0.2, 0) is 30.6 Å². The van der Waals surface area contributed by atoms with E-state index in [4.69, 9.17) is 0 Å². The maximum Gasteiger partial charge on any atom is 0.416 e. The van der Waals surface area contributed by atoms with Crippen molar-refractivity contribution in [1.82, 2.24) is 9.47 Å². The average Bonchev–Trinajstić information content (AvgIpc) is 3.33. The van der Waals surface area contributed by atoms with E-state index in [1.807, 2.05) is 58.1 Å². The van der Waals surface area contributed by atoms with Gasteiger partial charge in [-0.2, -0.15) is 13.2 Å². The maximum atomic E-state index is 13.3. The molecule has 0 aliphatic rings. The Labute approximate surface area is 225 Å². The molecule has 0 aliphatic heterocycles. The molecule has 206 valence electrons. The Morgan fingerprint density at radius 1 is 0.763 bits per heavy atom. The lowest BCUT2D eigenvalue weighted by Crippen LogP contribution is -2.30. The van der Waals surface area contributed by atoms with Crippen molar-refractivity contribution in [2.24, 2.45) is 0 Å². The summed E-state index contributed by atoms with van der Waals surface area (Å²) in [5.74, 6) is 0.114. The lowest BCUT2D eigenvalue weighted by molar-refractivity contribution is -0.137. The van der Waals surface area contributed by atoms with Crippen LogP contribution < -0.4 is 0 Å². The molecule has 6 heteroatoms. The van der Waals surface area contributed by atoms with Gasteiger partial charge in [-0.1, -0.05) is 101 Å². The second kappa shape index (κ2) is 15.4. The second-order valence-corrected chi connectivity index (χ2v) is 10.1. The number of hydrogen-bond donors (Lipinski definition) is 0. The molecule has 0 saturated heterocycles. The van der Waals surface area contributed by atoms with Crippen LogP contribution in [0, 0.1) is 0 Å². The Bertz CT molecular complexity index is 1090. The average molecular weight is 527 g/mol. The quantitative estimate of drug-likeness (QED) is 0.171. The molecule has 1 heterocycles. The molecule has 1 aromatic heterocycles. The fraction of sp³-hybridized carbons (Fsp3) is 0.469. The molecule has 3 aromatic rings. The van der Waals surface area contributed by atoms with E-state index in [1.165, 1.54) is 50.7 Å². The molecule has 0 radical (unpaired) electrons. The molecule has 3 nitrogen and oxygen atoms in total. The summed E-state index contributed by atoms with van der Waals surface area (Å²) in [6.07, 6.45) is 8.81. The number of amides is 1. The minimum absolute atomic E-state index is 0.114. The van der Waals surface area contributed by atoms with Gasteiger partial charge in [-0.15, -0.1) is 0 Å². The number of benzene rings is 2. The summed E-state index contributed by atoms with van der Waals surface area (Å²) < 4.78 is 41.5. The number of hydrogen-bond acceptors (Lipinski definition) is 1. The van der Waals surface area contributed by atoms with Gasteiger partial charge in [0.15, 0.2) is 0 Å². The number of nitrogens with zero attached hydrogens (tertiary/aromatic N) is 2. The smallest absolute Gasteiger partial charge is 0.345 e. The first kappa shape index (κ1) is 29.5. The predicted molar refractivity (Wildman–Crippen MR) is 148 cm³/mol. The van der Waals surface area contributed by atoms with Crippen LogP contribution in [0.1, 0.15) is 93.5 Å². The van der Waals surface area contributed by atoms with Crippen molar-refractivity contribution < 1.29 is 18.0 Å². The van der Waals surface area contributed by atoms with Gasteiger partial charge in [0.1, 0.15) is 0 Å². The van der Waals surface area contributed by atoms with E-state index in [1.54, 1.807) is 6.07 Å². The largest absolute Gasteiger partial charge is 0.416 e. The maximum absolute atomic E-state index is 13.3. The summed E-state index contributed by atoms with van der Waals surface area (Å²) in [6.45, 7) is 3.46. The Morgan fingerprint density at radius 3 is 2.11 bits per heavy atom. The van der Waals surface area contributed by atoms with Gasteiger partial charge < -0.3 is 9.47 Å². The summed E-state index contributed by atoms with van der Waals surface area (Å²) in [5.41, 5.74) is 1.89. The number of carbonyl (C=O) groups excluding carboxylic acids is 1. The molecule has 0 spiro atoms. The minimum Gasteiger partial charge on any atom is -0.345 e. The number of rotatable bonds is 16. The number of halogens is 3. The van der Waals surface area contributed by atoms with E-state index in [0.29, 0.717) is 31.6 Å². The fourth-order valence-corrected chi connectivity index (χ4v) is 4.77. The highest BCUT2D eigenvalue weighted by atomic mass is 19.4. The number of carbonyl (C=O) groups is 1. The van der Waals surface area contributed by atoms with Crippen molar-refractivity contribution in [3.63, 3.8) is 0 Å². The van der Waals surface area contributed by atoms with Gasteiger partial charge in [0.25, 0.3) is 0 Å². The molecule has 0 aliphatic carbocycles. The van der Waals surface area contributed by atoms with Crippen LogP contribution in [-0.4, -0.2) is 15.4 Å². The third-order valence-corrected chi connectivity index (χ3v) is 6.95. The van der Waals surface area contributed by atoms with E-state index in [9.17, 15) is 18.0 Å². The van der Waals surface area contributed by atoms with Crippen LogP contribution in [0.3, 0.4) is 0 Å². The molecule has 3 rings (SSSR count). The first-order valence-electron chi connectivity index (χ1n) is 14.0. The van der Waals surface area contributed by atoms with Crippen LogP contribution in [0.25, 0.3) is 0 Å². The number of unbranched alkanes of at least 4 members (excludes halogenated alkanes) is 8. The Kier molecular flexibility index (Phi) is 12.0. The van der Waals surface area contributed by atoms with Gasteiger partial charge in [-0.05, 0) is 41.8 Å². The van der Waals surface area contributed by atoms with Gasteiger partial charge in [-0.3, -0.25) is 4.79 Å². The van der Waals surface area contributed by atoms with Crippen molar-refractivity contribution in [2.45, 2.75) is 96.9 Å². The normalized spacial score (nSPS) is 11.6. The molecule has 0 saturated carbocycles.